The minimum absolute atomic E-state index is 0.00391. The number of amides is 1. The molecule has 0 unspecified atom stereocenters. The Balaban J connectivity index is 1.43. The maximum Gasteiger partial charge on any atom is 0.266 e. The van der Waals surface area contributed by atoms with Crippen molar-refractivity contribution in [2.75, 3.05) is 45.0 Å². The molecule has 1 fully saturated rings. The topological polar surface area (TPSA) is 155 Å². The number of nitrogens with one attached hydrogen (secondary N) is 2. The standard InChI is InChI=1S/C36H40ClN7O5/c1-36(2,43-12-10-26(45)11-13-43)19-24(20-38)33(46)41-25-8-6-7-22(15-25)9-14-44-32-23(21-40-35(39-3)42-32)16-29(34(44)47)28-17-27(48-4)18-30(49-5)31(28)37/h6-8,15-19,21,26,45H,9-14H2,1-5H3,(H,41,46)(H,39,40,42)/b24-19-. The number of piperidine rings is 1. The minimum Gasteiger partial charge on any atom is -0.497 e. The van der Waals surface area contributed by atoms with Gasteiger partial charge in [0.05, 0.1) is 25.3 Å². The molecule has 5 rings (SSSR count). The zero-order chi connectivity index (χ0) is 35.3. The lowest BCUT2D eigenvalue weighted by Gasteiger charge is -2.40. The van der Waals surface area contributed by atoms with Crippen molar-refractivity contribution in [2.24, 2.45) is 0 Å². The van der Waals surface area contributed by atoms with E-state index in [1.54, 1.807) is 48.2 Å². The first kappa shape index (κ1) is 35.3. The number of likely N-dealkylation sites (tertiary alicyclic amines) is 1. The van der Waals surface area contributed by atoms with Crippen LogP contribution < -0.4 is 25.7 Å². The zero-order valence-electron chi connectivity index (χ0n) is 28.2. The number of nitriles is 1. The molecule has 256 valence electrons. The van der Waals surface area contributed by atoms with E-state index in [0.717, 1.165) is 5.56 Å². The summed E-state index contributed by atoms with van der Waals surface area (Å²) in [5, 5.41) is 26.4. The lowest BCUT2D eigenvalue weighted by Crippen LogP contribution is -2.48. The van der Waals surface area contributed by atoms with Crippen LogP contribution in [0.1, 0.15) is 32.3 Å². The Hall–Kier alpha value is -4.96. The number of aliphatic hydroxyl groups excluding tert-OH is 1. The second-order valence-corrected chi connectivity index (χ2v) is 12.8. The molecule has 0 spiro atoms. The van der Waals surface area contributed by atoms with Crippen molar-refractivity contribution >= 4 is 40.2 Å². The number of benzene rings is 2. The van der Waals surface area contributed by atoms with E-state index < -0.39 is 11.4 Å². The Morgan fingerprint density at radius 2 is 1.92 bits per heavy atom. The summed E-state index contributed by atoms with van der Waals surface area (Å²) in [6.07, 6.45) is 4.73. The van der Waals surface area contributed by atoms with Crippen molar-refractivity contribution in [2.45, 2.75) is 51.3 Å². The second-order valence-electron chi connectivity index (χ2n) is 12.4. The molecule has 1 aliphatic rings. The van der Waals surface area contributed by atoms with E-state index in [9.17, 15) is 20.0 Å². The van der Waals surface area contributed by atoms with Crippen LogP contribution in [-0.4, -0.2) is 76.4 Å². The molecule has 0 radical (unpaired) electrons. The molecule has 2 aromatic heterocycles. The Bertz CT molecular complexity index is 1990. The molecule has 1 saturated heterocycles. The molecular weight excluding hydrogens is 646 g/mol. The van der Waals surface area contributed by atoms with Crippen LogP contribution in [0.2, 0.25) is 5.02 Å². The van der Waals surface area contributed by atoms with Gasteiger partial charge < -0.3 is 25.2 Å². The third-order valence-corrected chi connectivity index (χ3v) is 9.15. The predicted octanol–water partition coefficient (Wildman–Crippen LogP) is 5.04. The van der Waals surface area contributed by atoms with E-state index >= 15 is 0 Å². The number of rotatable bonds is 11. The summed E-state index contributed by atoms with van der Waals surface area (Å²) in [5.74, 6) is 0.697. The normalized spacial score (nSPS) is 14.4. The van der Waals surface area contributed by atoms with Crippen molar-refractivity contribution in [3.63, 3.8) is 0 Å². The molecule has 12 nitrogen and oxygen atoms in total. The fourth-order valence-corrected chi connectivity index (χ4v) is 6.28. The van der Waals surface area contributed by atoms with Gasteiger partial charge in [0.2, 0.25) is 5.95 Å². The summed E-state index contributed by atoms with van der Waals surface area (Å²) in [6, 6.07) is 14.4. The molecular formula is C36H40ClN7O5. The fraction of sp³-hybridized carbons (Fsp3) is 0.361. The zero-order valence-corrected chi connectivity index (χ0v) is 29.0. The van der Waals surface area contributed by atoms with Crippen LogP contribution in [0.5, 0.6) is 11.5 Å². The van der Waals surface area contributed by atoms with E-state index in [-0.39, 0.29) is 28.8 Å². The number of ether oxygens (including phenoxy) is 2. The van der Waals surface area contributed by atoms with Gasteiger partial charge in [-0.1, -0.05) is 23.7 Å². The molecule has 2 aromatic carbocycles. The van der Waals surface area contributed by atoms with Gasteiger partial charge in [0.15, 0.2) is 0 Å². The van der Waals surface area contributed by atoms with Crippen LogP contribution in [0.25, 0.3) is 22.2 Å². The highest BCUT2D eigenvalue weighted by Crippen LogP contribution is 2.38. The molecule has 0 atom stereocenters. The van der Waals surface area contributed by atoms with Gasteiger partial charge in [-0.3, -0.25) is 19.1 Å². The van der Waals surface area contributed by atoms with Gasteiger partial charge in [-0.2, -0.15) is 10.2 Å². The number of halogens is 1. The fourth-order valence-electron chi connectivity index (χ4n) is 5.99. The first-order valence-electron chi connectivity index (χ1n) is 15.9. The van der Waals surface area contributed by atoms with Crippen molar-refractivity contribution in [3.05, 3.63) is 81.3 Å². The number of aryl methyl sites for hydroxylation is 2. The molecule has 0 aliphatic carbocycles. The lowest BCUT2D eigenvalue weighted by molar-refractivity contribution is -0.112. The number of methoxy groups -OCH3 is 2. The number of aliphatic hydroxyl groups is 1. The molecule has 3 N–H and O–H groups in total. The van der Waals surface area contributed by atoms with Gasteiger partial charge >= 0.3 is 0 Å². The van der Waals surface area contributed by atoms with Crippen molar-refractivity contribution < 1.29 is 19.4 Å². The minimum atomic E-state index is -0.550. The summed E-state index contributed by atoms with van der Waals surface area (Å²) in [5.41, 5.74) is 1.73. The van der Waals surface area contributed by atoms with Crippen LogP contribution in [0.3, 0.4) is 0 Å². The smallest absolute Gasteiger partial charge is 0.266 e. The van der Waals surface area contributed by atoms with Crippen molar-refractivity contribution in [3.8, 4) is 28.7 Å². The number of carbonyl (C=O) groups is 1. The Morgan fingerprint density at radius 1 is 1.16 bits per heavy atom. The van der Waals surface area contributed by atoms with Crippen LogP contribution >= 0.6 is 11.6 Å². The van der Waals surface area contributed by atoms with Gasteiger partial charge in [0, 0.05) is 66.7 Å². The molecule has 0 bridgehead atoms. The highest BCUT2D eigenvalue weighted by molar-refractivity contribution is 6.35. The second kappa shape index (κ2) is 15.1. The highest BCUT2D eigenvalue weighted by Gasteiger charge is 2.30. The molecule has 49 heavy (non-hydrogen) atoms. The maximum absolute atomic E-state index is 14.2. The quantitative estimate of drug-likeness (QED) is 0.145. The highest BCUT2D eigenvalue weighted by atomic mass is 35.5. The van der Waals surface area contributed by atoms with Crippen LogP contribution in [0.4, 0.5) is 11.6 Å². The van der Waals surface area contributed by atoms with Crippen molar-refractivity contribution in [1.82, 2.24) is 19.4 Å². The van der Waals surface area contributed by atoms with Gasteiger partial charge in [-0.25, -0.2) is 4.98 Å². The molecule has 0 saturated carbocycles. The summed E-state index contributed by atoms with van der Waals surface area (Å²) in [6.45, 7) is 5.52. The van der Waals surface area contributed by atoms with E-state index in [2.05, 4.69) is 25.5 Å². The van der Waals surface area contributed by atoms with Gasteiger partial charge in [0.1, 0.15) is 28.8 Å². The summed E-state index contributed by atoms with van der Waals surface area (Å²) >= 11 is 6.70. The van der Waals surface area contributed by atoms with Crippen LogP contribution in [0.15, 0.2) is 65.1 Å². The summed E-state index contributed by atoms with van der Waals surface area (Å²) in [7, 11) is 4.72. The largest absolute Gasteiger partial charge is 0.497 e. The third kappa shape index (κ3) is 7.86. The van der Waals surface area contributed by atoms with E-state index in [0.29, 0.717) is 77.6 Å². The monoisotopic (exact) mass is 685 g/mol. The van der Waals surface area contributed by atoms with E-state index in [1.165, 1.54) is 14.2 Å². The number of fused-ring (bicyclic) bond motifs is 1. The average molecular weight is 686 g/mol. The van der Waals surface area contributed by atoms with Crippen molar-refractivity contribution in [1.29, 1.82) is 5.26 Å². The molecule has 4 aromatic rings. The summed E-state index contributed by atoms with van der Waals surface area (Å²) in [4.78, 5) is 38.5. The summed E-state index contributed by atoms with van der Waals surface area (Å²) < 4.78 is 12.5. The number of hydrogen-bond donors (Lipinski definition) is 3. The number of hydrogen-bond acceptors (Lipinski definition) is 10. The SMILES string of the molecule is CNc1ncc2cc(-c3cc(OC)cc(OC)c3Cl)c(=O)n(CCc3cccc(NC(=O)/C(C#N)=C\C(C)(C)N4CCC(O)CC4)c3)c2n1. The first-order valence-corrected chi connectivity index (χ1v) is 16.3. The maximum atomic E-state index is 14.2. The van der Waals surface area contributed by atoms with Crippen LogP contribution in [-0.2, 0) is 17.8 Å². The molecule has 1 aliphatic heterocycles. The van der Waals surface area contributed by atoms with Gasteiger partial charge in [0.25, 0.3) is 11.5 Å². The Kier molecular flexibility index (Phi) is 10.9. The number of pyridine rings is 1. The lowest BCUT2D eigenvalue weighted by atomic mass is 9.95. The first-order chi connectivity index (χ1) is 23.5. The van der Waals surface area contributed by atoms with Gasteiger partial charge in [-0.05, 0) is 69.0 Å². The number of anilines is 2. The predicted molar refractivity (Wildman–Crippen MR) is 190 cm³/mol. The third-order valence-electron chi connectivity index (χ3n) is 8.76. The Morgan fingerprint density at radius 3 is 2.59 bits per heavy atom. The van der Waals surface area contributed by atoms with E-state index in [4.69, 9.17) is 21.1 Å². The van der Waals surface area contributed by atoms with Crippen LogP contribution in [0, 0.1) is 11.3 Å². The number of carbonyl (C=O) groups excluding carboxylic acids is 1. The van der Waals surface area contributed by atoms with E-state index in [1.807, 2.05) is 38.1 Å². The molecule has 13 heteroatoms. The molecule has 1 amide bonds. The van der Waals surface area contributed by atoms with Gasteiger partial charge in [-0.15, -0.1) is 0 Å². The number of nitrogens with zero attached hydrogens (tertiary/aromatic N) is 5. The molecule has 3 heterocycles. The number of aromatic nitrogens is 3. The Labute approximate surface area is 290 Å². The average Bonchev–Trinajstić information content (AvgIpc) is 3.10.